The van der Waals surface area contributed by atoms with Crippen molar-refractivity contribution in [2.75, 3.05) is 0 Å². The van der Waals surface area contributed by atoms with Crippen LogP contribution in [0.3, 0.4) is 0 Å². The Balaban J connectivity index is -0.000000605. The van der Waals surface area contributed by atoms with Crippen LogP contribution >= 0.6 is 0 Å². The fraction of sp³-hybridized carbons (Fsp3) is 0.500. The zero-order chi connectivity index (χ0) is 9.94. The Morgan fingerprint density at radius 3 is 1.79 bits per heavy atom. The van der Waals surface area contributed by atoms with Gasteiger partial charge in [-0.05, 0) is 0 Å². The fourth-order valence-electron chi connectivity index (χ4n) is 0.471. The summed E-state index contributed by atoms with van der Waals surface area (Å²) in [4.78, 5) is 19.9. The molecule has 7 nitrogen and oxygen atoms in total. The standard InChI is InChI=1S/C4H6O7S.Au.Na/c5-3(6)1-2(4(7)8)12(9,10)11;;/h2H,1H2,(H,5,6)(H,7,8)(H,9,10,11);;/q;;+1/p-1. The monoisotopic (exact) mass is 417 g/mol. The molecular formula is C4H5AuNaO7S. The van der Waals surface area contributed by atoms with Crippen LogP contribution in [0.1, 0.15) is 6.42 Å². The summed E-state index contributed by atoms with van der Waals surface area (Å²) in [6.45, 7) is 0. The van der Waals surface area contributed by atoms with Gasteiger partial charge in [-0.2, -0.15) is 8.42 Å². The summed E-state index contributed by atoms with van der Waals surface area (Å²) in [5.41, 5.74) is 0. The molecule has 0 bridgehead atoms. The van der Waals surface area contributed by atoms with Gasteiger partial charge in [0.25, 0.3) is 10.1 Å². The van der Waals surface area contributed by atoms with Gasteiger partial charge in [-0.3, -0.25) is 9.35 Å². The van der Waals surface area contributed by atoms with E-state index in [9.17, 15) is 23.1 Å². The number of carboxylic acid groups (broad SMARTS) is 2. The van der Waals surface area contributed by atoms with Gasteiger partial charge in [0.15, 0.2) is 5.25 Å². The SMILES string of the molecule is O=C([O-])CC(C(=O)O)S(=O)(=O)O.[Au].[Na+]. The molecule has 10 heteroatoms. The Morgan fingerprint density at radius 2 is 1.71 bits per heavy atom. The van der Waals surface area contributed by atoms with Crippen molar-refractivity contribution in [1.82, 2.24) is 0 Å². The summed E-state index contributed by atoms with van der Waals surface area (Å²) in [5, 5.41) is 15.6. The number of aliphatic carboxylic acids is 2. The molecule has 0 saturated carbocycles. The van der Waals surface area contributed by atoms with E-state index in [1.165, 1.54) is 0 Å². The molecule has 14 heavy (non-hydrogen) atoms. The number of hydrogen-bond acceptors (Lipinski definition) is 5. The van der Waals surface area contributed by atoms with Gasteiger partial charge in [0, 0.05) is 34.8 Å². The van der Waals surface area contributed by atoms with Crippen molar-refractivity contribution in [2.24, 2.45) is 0 Å². The smallest absolute Gasteiger partial charge is 0.550 e. The molecule has 0 saturated heterocycles. The quantitative estimate of drug-likeness (QED) is 0.345. The zero-order valence-corrected chi connectivity index (χ0v) is 11.9. The average Bonchev–Trinajstić information content (AvgIpc) is 1.79. The van der Waals surface area contributed by atoms with Gasteiger partial charge in [-0.25, -0.2) is 0 Å². The van der Waals surface area contributed by atoms with E-state index in [2.05, 4.69) is 0 Å². The van der Waals surface area contributed by atoms with Gasteiger partial charge in [0.1, 0.15) is 0 Å². The minimum Gasteiger partial charge on any atom is -0.550 e. The van der Waals surface area contributed by atoms with E-state index in [0.717, 1.165) is 0 Å². The molecule has 0 rings (SSSR count). The summed E-state index contributed by atoms with van der Waals surface area (Å²) < 4.78 is 28.6. The van der Waals surface area contributed by atoms with Crippen molar-refractivity contribution < 1.29 is 84.7 Å². The molecule has 0 aromatic carbocycles. The molecule has 0 fully saturated rings. The van der Waals surface area contributed by atoms with Crippen molar-refractivity contribution in [3.63, 3.8) is 0 Å². The van der Waals surface area contributed by atoms with Crippen LogP contribution in [0.15, 0.2) is 0 Å². The van der Waals surface area contributed by atoms with Crippen molar-refractivity contribution >= 4 is 22.1 Å². The summed E-state index contributed by atoms with van der Waals surface area (Å²) in [6, 6.07) is 0. The molecule has 2 N–H and O–H groups in total. The normalized spacial score (nSPS) is 11.8. The summed E-state index contributed by atoms with van der Waals surface area (Å²) in [7, 11) is -4.88. The fourth-order valence-corrected chi connectivity index (χ4v) is 1.07. The number of hydrogen-bond donors (Lipinski definition) is 2. The molecule has 0 aromatic heterocycles. The van der Waals surface area contributed by atoms with Gasteiger partial charge in [-0.15, -0.1) is 0 Å². The molecule has 0 aliphatic carbocycles. The van der Waals surface area contributed by atoms with Crippen LogP contribution in [0.4, 0.5) is 0 Å². The number of carboxylic acids is 2. The largest absolute Gasteiger partial charge is 1.00 e. The molecule has 0 aliphatic rings. The molecule has 0 heterocycles. The molecule has 81 valence electrons. The van der Waals surface area contributed by atoms with Gasteiger partial charge >= 0.3 is 35.5 Å². The number of carbonyl (C=O) groups is 2. The van der Waals surface area contributed by atoms with Gasteiger partial charge in [-0.1, -0.05) is 0 Å². The maximum absolute atomic E-state index is 10.2. The van der Waals surface area contributed by atoms with Crippen LogP contribution in [-0.2, 0) is 42.1 Å². The summed E-state index contributed by atoms with van der Waals surface area (Å²) in [5.74, 6) is -3.79. The van der Waals surface area contributed by atoms with Crippen molar-refractivity contribution in [1.29, 1.82) is 0 Å². The summed E-state index contributed by atoms with van der Waals surface area (Å²) in [6.07, 6.45) is -1.27. The van der Waals surface area contributed by atoms with Crippen molar-refractivity contribution in [3.05, 3.63) is 0 Å². The zero-order valence-electron chi connectivity index (χ0n) is 6.93. The first-order chi connectivity index (χ1) is 5.25. The van der Waals surface area contributed by atoms with Crippen LogP contribution in [0.5, 0.6) is 0 Å². The summed E-state index contributed by atoms with van der Waals surface area (Å²) >= 11 is 0. The molecular weight excluding hydrogens is 412 g/mol. The molecule has 0 aliphatic heterocycles. The Bertz CT molecular complexity index is 299. The second-order valence-corrected chi connectivity index (χ2v) is 3.52. The van der Waals surface area contributed by atoms with Crippen LogP contribution in [-0.4, -0.2) is 35.3 Å². The van der Waals surface area contributed by atoms with E-state index in [4.69, 9.17) is 9.66 Å². The van der Waals surface area contributed by atoms with E-state index >= 15 is 0 Å². The number of rotatable bonds is 4. The third kappa shape index (κ3) is 7.95. The van der Waals surface area contributed by atoms with Crippen LogP contribution < -0.4 is 34.7 Å². The third-order valence-electron chi connectivity index (χ3n) is 0.987. The molecule has 1 unspecified atom stereocenters. The molecule has 1 atom stereocenters. The molecule has 0 amide bonds. The first kappa shape index (κ1) is 20.1. The van der Waals surface area contributed by atoms with Crippen molar-refractivity contribution in [2.45, 2.75) is 11.7 Å². The second-order valence-electron chi connectivity index (χ2n) is 1.92. The van der Waals surface area contributed by atoms with Crippen LogP contribution in [0, 0.1) is 0 Å². The van der Waals surface area contributed by atoms with E-state index in [0.29, 0.717) is 0 Å². The minimum absolute atomic E-state index is 0. The maximum Gasteiger partial charge on any atom is 1.00 e. The third-order valence-corrected chi connectivity index (χ3v) is 2.07. The van der Waals surface area contributed by atoms with Gasteiger partial charge in [0.2, 0.25) is 0 Å². The molecule has 0 aromatic rings. The second kappa shape index (κ2) is 7.83. The van der Waals surface area contributed by atoms with Crippen LogP contribution in [0.2, 0.25) is 0 Å². The first-order valence-electron chi connectivity index (χ1n) is 2.64. The van der Waals surface area contributed by atoms with E-state index in [1.54, 1.807) is 0 Å². The average molecular weight is 417 g/mol. The Kier molecular flexibility index (Phi) is 11.2. The molecule has 1 radical (unpaired) electrons. The van der Waals surface area contributed by atoms with Crippen LogP contribution in [0.25, 0.3) is 0 Å². The van der Waals surface area contributed by atoms with E-state index in [-0.39, 0.29) is 51.9 Å². The molecule has 0 spiro atoms. The topological polar surface area (TPSA) is 132 Å². The number of carbonyl (C=O) groups excluding carboxylic acids is 1. The predicted octanol–water partition coefficient (Wildman–Crippen LogP) is -5.53. The Hall–Kier alpha value is 0.590. The predicted molar refractivity (Wildman–Crippen MR) is 32.6 cm³/mol. The minimum atomic E-state index is -4.88. The maximum atomic E-state index is 10.2. The van der Waals surface area contributed by atoms with Gasteiger partial charge in [0.05, 0.1) is 0 Å². The van der Waals surface area contributed by atoms with E-state index < -0.39 is 33.7 Å². The van der Waals surface area contributed by atoms with Gasteiger partial charge < -0.3 is 15.0 Å². The Morgan fingerprint density at radius 1 is 1.36 bits per heavy atom. The van der Waals surface area contributed by atoms with E-state index in [1.807, 2.05) is 0 Å². The van der Waals surface area contributed by atoms with Crippen molar-refractivity contribution in [3.8, 4) is 0 Å². The Labute approximate surface area is 117 Å². The first-order valence-corrected chi connectivity index (χ1v) is 4.14.